The average molecular weight is 504 g/mol. The fourth-order valence-electron chi connectivity index (χ4n) is 5.02. The molecule has 0 amide bonds. The number of aryl methyl sites for hydroxylation is 1. The molecule has 0 radical (unpaired) electrons. The van der Waals surface area contributed by atoms with E-state index in [0.717, 1.165) is 33.8 Å². The van der Waals surface area contributed by atoms with E-state index < -0.39 is 10.0 Å². The number of piperazine rings is 1. The standard InChI is InChI=1S/C28H30N4O3S/c1-20-9-11-22(12-10-20)36(33,34)32-15-13-31(14-16-32)27-24(18-29)23-17-28(2,3)35-19-25(23)26(30-27)21-7-5-4-6-8-21/h4-12H,13-17,19H2,1-3H3/p+1. The Kier molecular flexibility index (Phi) is 6.33. The largest absolute Gasteiger partial charge is 0.370 e. The minimum Gasteiger partial charge on any atom is -0.370 e. The molecule has 36 heavy (non-hydrogen) atoms. The lowest BCUT2D eigenvalue weighted by Gasteiger charge is -2.34. The summed E-state index contributed by atoms with van der Waals surface area (Å²) in [4.78, 5) is 5.97. The molecule has 8 heteroatoms. The van der Waals surface area contributed by atoms with Crippen LogP contribution in [-0.4, -0.2) is 44.5 Å². The van der Waals surface area contributed by atoms with Gasteiger partial charge in [-0.25, -0.2) is 13.4 Å². The van der Waals surface area contributed by atoms with Crippen LogP contribution in [0.1, 0.15) is 36.1 Å². The molecular weight excluding hydrogens is 472 g/mol. The van der Waals surface area contributed by atoms with Crippen LogP contribution in [0.25, 0.3) is 11.3 Å². The van der Waals surface area contributed by atoms with Crippen LogP contribution < -0.4 is 9.88 Å². The topological polar surface area (TPSA) is 87.8 Å². The van der Waals surface area contributed by atoms with Gasteiger partial charge in [-0.2, -0.15) is 9.57 Å². The van der Waals surface area contributed by atoms with E-state index >= 15 is 0 Å². The summed E-state index contributed by atoms with van der Waals surface area (Å²) in [5.74, 6) is 0.750. The second-order valence-electron chi connectivity index (χ2n) is 10.1. The summed E-state index contributed by atoms with van der Waals surface area (Å²) in [6.07, 6.45) is 0.633. The molecule has 2 aromatic carbocycles. The number of nitriles is 1. The zero-order valence-electron chi connectivity index (χ0n) is 20.9. The Morgan fingerprint density at radius 1 is 0.972 bits per heavy atom. The van der Waals surface area contributed by atoms with Gasteiger partial charge in [0.1, 0.15) is 17.3 Å². The van der Waals surface area contributed by atoms with Gasteiger partial charge in [-0.05, 0) is 38.5 Å². The summed E-state index contributed by atoms with van der Waals surface area (Å²) in [6, 6.07) is 19.5. The van der Waals surface area contributed by atoms with Crippen molar-refractivity contribution in [1.29, 1.82) is 5.26 Å². The van der Waals surface area contributed by atoms with Gasteiger partial charge in [0.2, 0.25) is 10.0 Å². The first-order valence-electron chi connectivity index (χ1n) is 12.2. The van der Waals surface area contributed by atoms with Gasteiger partial charge in [0.05, 0.1) is 43.3 Å². The number of aromatic nitrogens is 1. The minimum absolute atomic E-state index is 0.313. The van der Waals surface area contributed by atoms with Gasteiger partial charge in [0, 0.05) is 17.5 Å². The number of fused-ring (bicyclic) bond motifs is 1. The number of hydrogen-bond acceptors (Lipinski definition) is 5. The lowest BCUT2D eigenvalue weighted by Crippen LogP contribution is -2.50. The van der Waals surface area contributed by atoms with Crippen molar-refractivity contribution in [2.75, 3.05) is 31.1 Å². The lowest BCUT2D eigenvalue weighted by atomic mass is 9.86. The maximum Gasteiger partial charge on any atom is 0.293 e. The molecule has 2 aliphatic rings. The monoisotopic (exact) mass is 503 g/mol. The molecule has 0 bridgehead atoms. The molecule has 5 rings (SSSR count). The van der Waals surface area contributed by atoms with Crippen LogP contribution in [-0.2, 0) is 27.8 Å². The first kappa shape index (κ1) is 24.4. The quantitative estimate of drug-likeness (QED) is 0.542. The van der Waals surface area contributed by atoms with Crippen molar-refractivity contribution < 1.29 is 18.1 Å². The van der Waals surface area contributed by atoms with Crippen LogP contribution in [0, 0.1) is 18.3 Å². The summed E-state index contributed by atoms with van der Waals surface area (Å²) in [6.45, 7) is 8.14. The second-order valence-corrected chi connectivity index (χ2v) is 12.0. The van der Waals surface area contributed by atoms with Crippen LogP contribution in [0.4, 0.5) is 5.82 Å². The van der Waals surface area contributed by atoms with Gasteiger partial charge in [0.15, 0.2) is 0 Å². The van der Waals surface area contributed by atoms with Crippen molar-refractivity contribution in [3.05, 3.63) is 76.9 Å². The third-order valence-electron chi connectivity index (χ3n) is 7.05. The lowest BCUT2D eigenvalue weighted by molar-refractivity contribution is -0.352. The smallest absolute Gasteiger partial charge is 0.293 e. The predicted molar refractivity (Wildman–Crippen MR) is 138 cm³/mol. The summed E-state index contributed by atoms with van der Waals surface area (Å²) in [7, 11) is -3.57. The highest BCUT2D eigenvalue weighted by molar-refractivity contribution is 7.89. The molecule has 1 fully saturated rings. The minimum atomic E-state index is -3.57. The van der Waals surface area contributed by atoms with Crippen molar-refractivity contribution in [2.45, 2.75) is 44.3 Å². The molecule has 1 aromatic heterocycles. The number of hydrogen-bond donors (Lipinski definition) is 0. The molecule has 2 aliphatic heterocycles. The first-order valence-corrected chi connectivity index (χ1v) is 13.7. The van der Waals surface area contributed by atoms with Gasteiger partial charge < -0.3 is 4.74 Å². The number of benzene rings is 2. The molecule has 186 valence electrons. The third kappa shape index (κ3) is 4.50. The van der Waals surface area contributed by atoms with E-state index in [2.05, 4.69) is 16.0 Å². The molecule has 7 nitrogen and oxygen atoms in total. The molecule has 3 aromatic rings. The predicted octanol–water partition coefficient (Wildman–Crippen LogP) is 3.71. The molecule has 0 atom stereocenters. The number of anilines is 1. The van der Waals surface area contributed by atoms with Crippen molar-refractivity contribution in [1.82, 2.24) is 4.31 Å². The van der Waals surface area contributed by atoms with Crippen molar-refractivity contribution in [2.24, 2.45) is 0 Å². The molecule has 0 saturated carbocycles. The molecule has 1 saturated heterocycles. The van der Waals surface area contributed by atoms with E-state index in [1.807, 2.05) is 63.2 Å². The molecule has 0 spiro atoms. The van der Waals surface area contributed by atoms with Crippen LogP contribution in [0.15, 0.2) is 59.5 Å². The summed E-state index contributed by atoms with van der Waals surface area (Å²) in [5, 5.41) is 10.2. The Labute approximate surface area is 213 Å². The van der Waals surface area contributed by atoms with Gasteiger partial charge >= 0.3 is 0 Å². The van der Waals surface area contributed by atoms with Crippen LogP contribution in [0.5, 0.6) is 0 Å². The average Bonchev–Trinajstić information content (AvgIpc) is 2.88. The number of aromatic amines is 1. The summed E-state index contributed by atoms with van der Waals surface area (Å²) < 4.78 is 34.1. The van der Waals surface area contributed by atoms with E-state index in [1.165, 1.54) is 4.31 Å². The van der Waals surface area contributed by atoms with Crippen molar-refractivity contribution >= 4 is 15.8 Å². The van der Waals surface area contributed by atoms with Gasteiger partial charge in [-0.15, -0.1) is 0 Å². The van der Waals surface area contributed by atoms with Crippen molar-refractivity contribution in [3.8, 4) is 17.3 Å². The Hall–Kier alpha value is -3.25. The molecular formula is C28H31N4O3S+. The third-order valence-corrected chi connectivity index (χ3v) is 8.96. The van der Waals surface area contributed by atoms with Gasteiger partial charge in [-0.1, -0.05) is 48.0 Å². The molecule has 1 N–H and O–H groups in total. The Balaban J connectivity index is 1.50. The summed E-state index contributed by atoms with van der Waals surface area (Å²) in [5.41, 5.74) is 5.28. The number of ether oxygens (including phenoxy) is 1. The number of H-pyrrole nitrogens is 1. The van der Waals surface area contributed by atoms with Crippen molar-refractivity contribution in [3.63, 3.8) is 0 Å². The van der Waals surface area contributed by atoms with Crippen LogP contribution in [0.2, 0.25) is 0 Å². The normalized spacial score (nSPS) is 17.9. The molecule has 0 aliphatic carbocycles. The fraction of sp³-hybridized carbons (Fsp3) is 0.357. The highest BCUT2D eigenvalue weighted by atomic mass is 32.2. The number of nitrogens with zero attached hydrogens (tertiary/aromatic N) is 3. The molecule has 0 unspecified atom stereocenters. The van der Waals surface area contributed by atoms with E-state index in [4.69, 9.17) is 4.74 Å². The van der Waals surface area contributed by atoms with E-state index in [9.17, 15) is 13.7 Å². The fourth-order valence-corrected chi connectivity index (χ4v) is 6.44. The number of rotatable bonds is 4. The van der Waals surface area contributed by atoms with Crippen LogP contribution in [0.3, 0.4) is 0 Å². The van der Waals surface area contributed by atoms with Gasteiger partial charge in [-0.3, -0.25) is 4.90 Å². The second kappa shape index (κ2) is 9.32. The number of pyridine rings is 1. The number of nitrogens with one attached hydrogen (secondary N) is 1. The SMILES string of the molecule is Cc1ccc(S(=O)(=O)N2CCN(c3[nH+]c(-c4ccccc4)c4c(c3C#N)CC(C)(C)OC4)CC2)cc1. The maximum absolute atomic E-state index is 13.2. The highest BCUT2D eigenvalue weighted by Crippen LogP contribution is 2.37. The Morgan fingerprint density at radius 3 is 2.28 bits per heavy atom. The highest BCUT2D eigenvalue weighted by Gasteiger charge is 2.38. The Morgan fingerprint density at radius 2 is 1.64 bits per heavy atom. The van der Waals surface area contributed by atoms with Crippen LogP contribution >= 0.6 is 0 Å². The van der Waals surface area contributed by atoms with E-state index in [1.54, 1.807) is 12.1 Å². The van der Waals surface area contributed by atoms with E-state index in [-0.39, 0.29) is 5.60 Å². The first-order chi connectivity index (χ1) is 17.2. The zero-order chi connectivity index (χ0) is 25.5. The number of sulfonamides is 1. The zero-order valence-corrected chi connectivity index (χ0v) is 21.7. The maximum atomic E-state index is 13.2. The van der Waals surface area contributed by atoms with E-state index in [0.29, 0.717) is 49.7 Å². The molecule has 3 heterocycles. The summed E-state index contributed by atoms with van der Waals surface area (Å²) >= 11 is 0. The Bertz CT molecular complexity index is 1420. The van der Waals surface area contributed by atoms with Gasteiger partial charge in [0.25, 0.3) is 5.82 Å².